The Bertz CT molecular complexity index is 525. The minimum Gasteiger partial charge on any atom is -0.380 e. The van der Waals surface area contributed by atoms with Gasteiger partial charge >= 0.3 is 0 Å². The molecule has 0 aliphatic carbocycles. The molecular weight excluding hydrogens is 272 g/mol. The van der Waals surface area contributed by atoms with Gasteiger partial charge in [0.05, 0.1) is 0 Å². The van der Waals surface area contributed by atoms with Crippen LogP contribution in [0.15, 0.2) is 60.7 Å². The lowest BCUT2D eigenvalue weighted by molar-refractivity contribution is 0.0554. The molecule has 22 heavy (non-hydrogen) atoms. The molecule has 3 heteroatoms. The number of hydrogen-bond acceptors (Lipinski definition) is 2. The smallest absolute Gasteiger partial charge is 0.116 e. The molecule has 1 N–H and O–H groups in total. The Hall–Kier alpha value is -1.68. The predicted molar refractivity (Wildman–Crippen MR) is 88.8 cm³/mol. The van der Waals surface area contributed by atoms with E-state index in [0.717, 1.165) is 43.9 Å². The quantitative estimate of drug-likeness (QED) is 0.918. The summed E-state index contributed by atoms with van der Waals surface area (Å²) in [6.45, 7) is 4.71. The highest BCUT2D eigenvalue weighted by atomic mass is 16.3. The van der Waals surface area contributed by atoms with Gasteiger partial charge in [-0.15, -0.1) is 0 Å². The van der Waals surface area contributed by atoms with Gasteiger partial charge in [-0.05, 0) is 17.5 Å². The van der Waals surface area contributed by atoms with Gasteiger partial charge in [-0.25, -0.2) is 5.32 Å². The van der Waals surface area contributed by atoms with Crippen LogP contribution in [0, 0.1) is 0 Å². The standard InChI is InChI=1S/C19H23N2O/c22-19(17-7-3-1-4-8-17,18-9-5-2-6-10-18)11-14-21-15-12-20-13-16-21/h1-10,22H,11-16H2. The van der Waals surface area contributed by atoms with Crippen molar-refractivity contribution >= 4 is 0 Å². The van der Waals surface area contributed by atoms with Crippen LogP contribution < -0.4 is 5.32 Å². The minimum atomic E-state index is -0.933. The van der Waals surface area contributed by atoms with Crippen LogP contribution in [-0.4, -0.2) is 42.7 Å². The third-order valence-corrected chi connectivity index (χ3v) is 4.44. The van der Waals surface area contributed by atoms with Crippen LogP contribution in [0.25, 0.3) is 0 Å². The molecule has 0 spiro atoms. The second kappa shape index (κ2) is 7.05. The summed E-state index contributed by atoms with van der Waals surface area (Å²) in [6.07, 6.45) is 0.695. The van der Waals surface area contributed by atoms with Crippen molar-refractivity contribution in [1.29, 1.82) is 0 Å². The molecule has 1 fully saturated rings. The summed E-state index contributed by atoms with van der Waals surface area (Å²) < 4.78 is 0. The van der Waals surface area contributed by atoms with Crippen LogP contribution in [0.3, 0.4) is 0 Å². The van der Waals surface area contributed by atoms with Crippen molar-refractivity contribution < 1.29 is 5.11 Å². The van der Waals surface area contributed by atoms with E-state index in [4.69, 9.17) is 0 Å². The predicted octanol–water partition coefficient (Wildman–Crippen LogP) is 2.23. The molecule has 0 unspecified atom stereocenters. The Morgan fingerprint density at radius 1 is 0.864 bits per heavy atom. The van der Waals surface area contributed by atoms with Gasteiger partial charge in [-0.1, -0.05) is 60.7 Å². The number of nitrogens with zero attached hydrogens (tertiary/aromatic N) is 2. The molecule has 1 aliphatic rings. The molecule has 1 saturated heterocycles. The maximum atomic E-state index is 11.4. The lowest BCUT2D eigenvalue weighted by Gasteiger charge is -2.33. The number of hydrogen-bond donors (Lipinski definition) is 1. The van der Waals surface area contributed by atoms with Gasteiger partial charge in [0, 0.05) is 32.7 Å². The lowest BCUT2D eigenvalue weighted by Crippen LogP contribution is -2.43. The van der Waals surface area contributed by atoms with Crippen molar-refractivity contribution in [3.8, 4) is 0 Å². The molecule has 0 atom stereocenters. The van der Waals surface area contributed by atoms with Crippen molar-refractivity contribution in [2.24, 2.45) is 0 Å². The molecular formula is C19H23N2O. The van der Waals surface area contributed by atoms with Crippen LogP contribution in [0.5, 0.6) is 0 Å². The summed E-state index contributed by atoms with van der Waals surface area (Å²) in [4.78, 5) is 2.39. The zero-order chi connectivity index (χ0) is 15.3. The van der Waals surface area contributed by atoms with E-state index in [9.17, 15) is 5.11 Å². The SMILES string of the molecule is OC(CCN1CC[N]CC1)(c1ccccc1)c1ccccc1. The van der Waals surface area contributed by atoms with Gasteiger partial charge in [0.25, 0.3) is 0 Å². The van der Waals surface area contributed by atoms with Crippen LogP contribution in [0.2, 0.25) is 0 Å². The highest BCUT2D eigenvalue weighted by molar-refractivity contribution is 5.35. The molecule has 2 aromatic carbocycles. The van der Waals surface area contributed by atoms with Crippen LogP contribution in [0.4, 0.5) is 0 Å². The van der Waals surface area contributed by atoms with Crippen LogP contribution in [-0.2, 0) is 5.60 Å². The maximum absolute atomic E-state index is 11.4. The normalized spacial score (nSPS) is 16.6. The molecule has 2 aromatic rings. The third kappa shape index (κ3) is 3.38. The Morgan fingerprint density at radius 3 is 1.86 bits per heavy atom. The fourth-order valence-electron chi connectivity index (χ4n) is 3.07. The number of rotatable bonds is 5. The van der Waals surface area contributed by atoms with E-state index in [1.807, 2.05) is 60.7 Å². The Kier molecular flexibility index (Phi) is 4.88. The minimum absolute atomic E-state index is 0.695. The zero-order valence-electron chi connectivity index (χ0n) is 12.9. The molecule has 1 heterocycles. The van der Waals surface area contributed by atoms with E-state index in [-0.39, 0.29) is 0 Å². The monoisotopic (exact) mass is 295 g/mol. The first-order chi connectivity index (χ1) is 10.8. The molecule has 1 aliphatic heterocycles. The Morgan fingerprint density at radius 2 is 1.36 bits per heavy atom. The lowest BCUT2D eigenvalue weighted by atomic mass is 9.83. The highest BCUT2D eigenvalue weighted by Crippen LogP contribution is 2.33. The van der Waals surface area contributed by atoms with Crippen molar-refractivity contribution in [2.45, 2.75) is 12.0 Å². The summed E-state index contributed by atoms with van der Waals surface area (Å²) in [5.74, 6) is 0. The van der Waals surface area contributed by atoms with E-state index >= 15 is 0 Å². The van der Waals surface area contributed by atoms with Gasteiger partial charge in [0.1, 0.15) is 5.60 Å². The summed E-state index contributed by atoms with van der Waals surface area (Å²) in [5, 5.41) is 15.8. The summed E-state index contributed by atoms with van der Waals surface area (Å²) >= 11 is 0. The van der Waals surface area contributed by atoms with Gasteiger partial charge in [-0.2, -0.15) is 0 Å². The van der Waals surface area contributed by atoms with Crippen molar-refractivity contribution in [3.63, 3.8) is 0 Å². The summed E-state index contributed by atoms with van der Waals surface area (Å²) in [6, 6.07) is 20.0. The molecule has 3 nitrogen and oxygen atoms in total. The first-order valence-corrected chi connectivity index (χ1v) is 7.98. The maximum Gasteiger partial charge on any atom is 0.116 e. The second-order valence-corrected chi connectivity index (χ2v) is 5.85. The van der Waals surface area contributed by atoms with E-state index in [0.29, 0.717) is 6.42 Å². The highest BCUT2D eigenvalue weighted by Gasteiger charge is 2.31. The Labute approximate surface area is 132 Å². The topological polar surface area (TPSA) is 37.6 Å². The fourth-order valence-corrected chi connectivity index (χ4v) is 3.07. The summed E-state index contributed by atoms with van der Waals surface area (Å²) in [7, 11) is 0. The number of benzene rings is 2. The van der Waals surface area contributed by atoms with E-state index in [2.05, 4.69) is 10.2 Å². The molecule has 1 radical (unpaired) electrons. The molecule has 0 saturated carbocycles. The van der Waals surface area contributed by atoms with Gasteiger partial charge in [0.15, 0.2) is 0 Å². The average Bonchev–Trinajstić information content (AvgIpc) is 2.62. The van der Waals surface area contributed by atoms with Gasteiger partial charge in [0.2, 0.25) is 0 Å². The molecule has 0 aromatic heterocycles. The molecule has 0 bridgehead atoms. The molecule has 115 valence electrons. The number of piperazine rings is 1. The van der Waals surface area contributed by atoms with Crippen LogP contribution >= 0.6 is 0 Å². The average molecular weight is 295 g/mol. The van der Waals surface area contributed by atoms with Gasteiger partial charge < -0.3 is 10.0 Å². The van der Waals surface area contributed by atoms with E-state index in [1.54, 1.807) is 0 Å². The first kappa shape index (κ1) is 15.2. The number of aliphatic hydroxyl groups is 1. The fraction of sp³-hybridized carbons (Fsp3) is 0.368. The van der Waals surface area contributed by atoms with E-state index < -0.39 is 5.60 Å². The van der Waals surface area contributed by atoms with E-state index in [1.165, 1.54) is 0 Å². The second-order valence-electron chi connectivity index (χ2n) is 5.85. The molecule has 3 rings (SSSR count). The van der Waals surface area contributed by atoms with Crippen molar-refractivity contribution in [3.05, 3.63) is 71.8 Å². The first-order valence-electron chi connectivity index (χ1n) is 7.98. The Balaban J connectivity index is 1.83. The van der Waals surface area contributed by atoms with Crippen molar-refractivity contribution in [2.75, 3.05) is 32.7 Å². The summed E-state index contributed by atoms with van der Waals surface area (Å²) in [5.41, 5.74) is 0.989. The van der Waals surface area contributed by atoms with Crippen molar-refractivity contribution in [1.82, 2.24) is 10.2 Å². The zero-order valence-corrected chi connectivity index (χ0v) is 12.9. The largest absolute Gasteiger partial charge is 0.380 e. The van der Waals surface area contributed by atoms with Crippen LogP contribution in [0.1, 0.15) is 17.5 Å². The third-order valence-electron chi connectivity index (χ3n) is 4.44. The van der Waals surface area contributed by atoms with Gasteiger partial charge in [-0.3, -0.25) is 0 Å². The molecule has 0 amide bonds.